The second-order valence-corrected chi connectivity index (χ2v) is 8.27. The number of methoxy groups -OCH3 is 1. The van der Waals surface area contributed by atoms with Crippen LogP contribution < -0.4 is 4.74 Å². The average Bonchev–Trinajstić information content (AvgIpc) is 2.79. The lowest BCUT2D eigenvalue weighted by Gasteiger charge is -2.31. The van der Waals surface area contributed by atoms with E-state index >= 15 is 0 Å². The van der Waals surface area contributed by atoms with Crippen LogP contribution in [-0.2, 0) is 14.8 Å². The van der Waals surface area contributed by atoms with E-state index in [2.05, 4.69) is 0 Å². The van der Waals surface area contributed by atoms with Gasteiger partial charge in [0.15, 0.2) is 0 Å². The van der Waals surface area contributed by atoms with Gasteiger partial charge in [-0.2, -0.15) is 4.31 Å². The van der Waals surface area contributed by atoms with Crippen molar-refractivity contribution in [1.82, 2.24) is 9.21 Å². The van der Waals surface area contributed by atoms with E-state index in [1.807, 2.05) is 4.90 Å². The molecule has 0 radical (unpaired) electrons. The fourth-order valence-electron chi connectivity index (χ4n) is 3.24. The normalized spacial score (nSPS) is 20.3. The number of rotatable bonds is 4. The standard InChI is InChI=1S/C17H24N2O4S/c1-23-15-8-2-3-9-16(15)24(21,22)19-11-5-10-18(12-13-19)17(20)14-6-4-7-14/h2-3,8-9,14H,4-7,10-13H2,1H3. The zero-order valence-electron chi connectivity index (χ0n) is 14.0. The second-order valence-electron chi connectivity index (χ2n) is 6.36. The summed E-state index contributed by atoms with van der Waals surface area (Å²) in [5.41, 5.74) is 0. The highest BCUT2D eigenvalue weighted by atomic mass is 32.2. The van der Waals surface area contributed by atoms with Crippen molar-refractivity contribution in [2.75, 3.05) is 33.3 Å². The number of hydrogen-bond acceptors (Lipinski definition) is 4. The predicted octanol–water partition coefficient (Wildman–Crippen LogP) is 1.72. The Kier molecular flexibility index (Phi) is 5.10. The highest BCUT2D eigenvalue weighted by molar-refractivity contribution is 7.89. The molecule has 0 aromatic heterocycles. The van der Waals surface area contributed by atoms with Crippen LogP contribution in [-0.4, -0.2) is 56.8 Å². The molecule has 1 saturated carbocycles. The van der Waals surface area contributed by atoms with E-state index in [0.29, 0.717) is 38.3 Å². The first-order valence-corrected chi connectivity index (χ1v) is 9.90. The Morgan fingerprint density at radius 2 is 1.83 bits per heavy atom. The minimum absolute atomic E-state index is 0.155. The summed E-state index contributed by atoms with van der Waals surface area (Å²) >= 11 is 0. The lowest BCUT2D eigenvalue weighted by Crippen LogP contribution is -2.41. The van der Waals surface area contributed by atoms with E-state index in [4.69, 9.17) is 4.74 Å². The first kappa shape index (κ1) is 17.2. The summed E-state index contributed by atoms with van der Waals surface area (Å²) < 4.78 is 32.5. The third-order valence-electron chi connectivity index (χ3n) is 4.91. The first-order valence-electron chi connectivity index (χ1n) is 8.46. The minimum atomic E-state index is -3.62. The Morgan fingerprint density at radius 1 is 1.08 bits per heavy atom. The predicted molar refractivity (Wildman–Crippen MR) is 90.3 cm³/mol. The number of carbonyl (C=O) groups is 1. The third kappa shape index (κ3) is 3.28. The highest BCUT2D eigenvalue weighted by Gasteiger charge is 2.33. The molecule has 2 aliphatic rings. The molecular weight excluding hydrogens is 328 g/mol. The molecule has 0 N–H and O–H groups in total. The van der Waals surface area contributed by atoms with Crippen LogP contribution in [0.2, 0.25) is 0 Å². The van der Waals surface area contributed by atoms with E-state index in [9.17, 15) is 13.2 Å². The molecule has 0 spiro atoms. The van der Waals surface area contributed by atoms with Crippen LogP contribution in [0.25, 0.3) is 0 Å². The van der Waals surface area contributed by atoms with Gasteiger partial charge in [-0.15, -0.1) is 0 Å². The van der Waals surface area contributed by atoms with Crippen LogP contribution in [0.15, 0.2) is 29.2 Å². The molecule has 1 amide bonds. The first-order chi connectivity index (χ1) is 11.5. The quantitative estimate of drug-likeness (QED) is 0.827. The maximum Gasteiger partial charge on any atom is 0.246 e. The van der Waals surface area contributed by atoms with Crippen molar-refractivity contribution in [1.29, 1.82) is 0 Å². The number of benzene rings is 1. The molecule has 1 aliphatic carbocycles. The highest BCUT2D eigenvalue weighted by Crippen LogP contribution is 2.30. The summed E-state index contributed by atoms with van der Waals surface area (Å²) in [6.45, 7) is 1.85. The van der Waals surface area contributed by atoms with Gasteiger partial charge in [-0.3, -0.25) is 4.79 Å². The van der Waals surface area contributed by atoms with Crippen molar-refractivity contribution < 1.29 is 17.9 Å². The van der Waals surface area contributed by atoms with Gasteiger partial charge in [0.2, 0.25) is 15.9 Å². The monoisotopic (exact) mass is 352 g/mol. The lowest BCUT2D eigenvalue weighted by molar-refractivity contribution is -0.138. The van der Waals surface area contributed by atoms with Crippen molar-refractivity contribution in [2.45, 2.75) is 30.6 Å². The minimum Gasteiger partial charge on any atom is -0.495 e. The number of carbonyl (C=O) groups excluding carboxylic acids is 1. The van der Waals surface area contributed by atoms with Gasteiger partial charge >= 0.3 is 0 Å². The summed E-state index contributed by atoms with van der Waals surface area (Å²) in [6, 6.07) is 6.66. The summed E-state index contributed by atoms with van der Waals surface area (Å²) in [5, 5.41) is 0. The summed E-state index contributed by atoms with van der Waals surface area (Å²) in [6.07, 6.45) is 3.72. The van der Waals surface area contributed by atoms with Crippen LogP contribution in [0.4, 0.5) is 0 Å². The zero-order valence-corrected chi connectivity index (χ0v) is 14.8. The number of sulfonamides is 1. The summed E-state index contributed by atoms with van der Waals surface area (Å²) in [4.78, 5) is 14.4. The van der Waals surface area contributed by atoms with Crippen LogP contribution in [0.1, 0.15) is 25.7 Å². The molecule has 0 bridgehead atoms. The molecule has 24 heavy (non-hydrogen) atoms. The number of nitrogens with zero attached hydrogens (tertiary/aromatic N) is 2. The largest absolute Gasteiger partial charge is 0.495 e. The molecule has 1 aromatic carbocycles. The fourth-order valence-corrected chi connectivity index (χ4v) is 4.86. The Bertz CT molecular complexity index is 700. The average molecular weight is 352 g/mol. The van der Waals surface area contributed by atoms with Gasteiger partial charge in [0.05, 0.1) is 7.11 Å². The van der Waals surface area contributed by atoms with E-state index in [-0.39, 0.29) is 16.7 Å². The van der Waals surface area contributed by atoms with Gasteiger partial charge in [-0.25, -0.2) is 8.42 Å². The molecule has 132 valence electrons. The summed E-state index contributed by atoms with van der Waals surface area (Å²) in [7, 11) is -2.15. The van der Waals surface area contributed by atoms with E-state index in [1.165, 1.54) is 11.4 Å². The van der Waals surface area contributed by atoms with E-state index < -0.39 is 10.0 Å². The molecule has 1 aromatic rings. The van der Waals surface area contributed by atoms with Gasteiger partial charge in [0.1, 0.15) is 10.6 Å². The van der Waals surface area contributed by atoms with Crippen molar-refractivity contribution in [3.8, 4) is 5.75 Å². The topological polar surface area (TPSA) is 66.9 Å². The van der Waals surface area contributed by atoms with Crippen LogP contribution in [0, 0.1) is 5.92 Å². The Labute approximate surface area is 143 Å². The van der Waals surface area contributed by atoms with Gasteiger partial charge in [-0.05, 0) is 31.4 Å². The lowest BCUT2D eigenvalue weighted by atomic mass is 9.84. The molecule has 0 atom stereocenters. The molecule has 0 unspecified atom stereocenters. The van der Waals surface area contributed by atoms with Crippen molar-refractivity contribution in [3.63, 3.8) is 0 Å². The molecule has 2 fully saturated rings. The number of para-hydroxylation sites is 1. The molecular formula is C17H24N2O4S. The van der Waals surface area contributed by atoms with Gasteiger partial charge < -0.3 is 9.64 Å². The fraction of sp³-hybridized carbons (Fsp3) is 0.588. The SMILES string of the molecule is COc1ccccc1S(=O)(=O)N1CCCN(C(=O)C2CCC2)CC1. The Hall–Kier alpha value is -1.60. The van der Waals surface area contributed by atoms with Crippen molar-refractivity contribution in [2.24, 2.45) is 5.92 Å². The molecule has 7 heteroatoms. The Morgan fingerprint density at radius 3 is 2.50 bits per heavy atom. The number of ether oxygens (including phenoxy) is 1. The van der Waals surface area contributed by atoms with Crippen LogP contribution in [0.3, 0.4) is 0 Å². The van der Waals surface area contributed by atoms with Gasteiger partial charge in [-0.1, -0.05) is 18.6 Å². The van der Waals surface area contributed by atoms with E-state index in [0.717, 1.165) is 19.3 Å². The maximum absolute atomic E-state index is 12.9. The van der Waals surface area contributed by atoms with Crippen LogP contribution >= 0.6 is 0 Å². The molecule has 3 rings (SSSR count). The third-order valence-corrected chi connectivity index (χ3v) is 6.85. The Balaban J connectivity index is 1.74. The molecule has 1 saturated heterocycles. The van der Waals surface area contributed by atoms with Gasteiger partial charge in [0, 0.05) is 32.1 Å². The summed E-state index contributed by atoms with van der Waals surface area (Å²) in [5.74, 6) is 0.698. The van der Waals surface area contributed by atoms with Crippen LogP contribution in [0.5, 0.6) is 5.75 Å². The molecule has 1 heterocycles. The molecule has 6 nitrogen and oxygen atoms in total. The van der Waals surface area contributed by atoms with Crippen molar-refractivity contribution >= 4 is 15.9 Å². The number of amides is 1. The zero-order chi connectivity index (χ0) is 17.2. The second kappa shape index (κ2) is 7.11. The smallest absolute Gasteiger partial charge is 0.246 e. The maximum atomic E-state index is 12.9. The van der Waals surface area contributed by atoms with E-state index in [1.54, 1.807) is 24.3 Å². The van der Waals surface area contributed by atoms with Gasteiger partial charge in [0.25, 0.3) is 0 Å². The van der Waals surface area contributed by atoms with Crippen molar-refractivity contribution in [3.05, 3.63) is 24.3 Å². The number of hydrogen-bond donors (Lipinski definition) is 0. The molecule has 1 aliphatic heterocycles.